The van der Waals surface area contributed by atoms with Gasteiger partial charge in [0.1, 0.15) is 0 Å². The van der Waals surface area contributed by atoms with Crippen LogP contribution >= 0.6 is 0 Å². The molecule has 1 amide bonds. The molecule has 2 nitrogen and oxygen atoms in total. The Morgan fingerprint density at radius 3 is 2.29 bits per heavy atom. The summed E-state index contributed by atoms with van der Waals surface area (Å²) in [6.07, 6.45) is 5.89. The number of nitrogens with zero attached hydrogens (tertiary/aromatic N) is 1. The molecule has 1 aliphatic heterocycles. The number of benzene rings is 2. The van der Waals surface area contributed by atoms with Gasteiger partial charge in [0.15, 0.2) is 0 Å². The predicted molar refractivity (Wildman–Crippen MR) is 99.0 cm³/mol. The van der Waals surface area contributed by atoms with E-state index in [2.05, 4.69) is 66.4 Å². The Hall–Kier alpha value is -2.09. The van der Waals surface area contributed by atoms with Crippen molar-refractivity contribution in [3.05, 3.63) is 71.3 Å². The van der Waals surface area contributed by atoms with Crippen LogP contribution in [-0.4, -0.2) is 23.4 Å². The van der Waals surface area contributed by atoms with Crippen molar-refractivity contribution in [2.45, 2.75) is 51.5 Å². The van der Waals surface area contributed by atoms with Gasteiger partial charge in [-0.3, -0.25) is 4.79 Å². The maximum absolute atomic E-state index is 12.2. The average Bonchev–Trinajstić information content (AvgIpc) is 2.99. The fraction of sp³-hybridized carbons (Fsp3) is 0.409. The Morgan fingerprint density at radius 1 is 0.917 bits per heavy atom. The maximum atomic E-state index is 12.2. The van der Waals surface area contributed by atoms with Crippen LogP contribution in [-0.2, 0) is 24.1 Å². The predicted octanol–water partition coefficient (Wildman–Crippen LogP) is 4.42. The number of carbonyl (C=O) groups is 1. The van der Waals surface area contributed by atoms with Gasteiger partial charge in [0.2, 0.25) is 5.91 Å². The highest BCUT2D eigenvalue weighted by Gasteiger charge is 2.29. The summed E-state index contributed by atoms with van der Waals surface area (Å²) in [6, 6.07) is 19.8. The summed E-state index contributed by atoms with van der Waals surface area (Å²) in [5.74, 6) is 0.332. The minimum atomic E-state index is 0.332. The van der Waals surface area contributed by atoms with Crippen molar-refractivity contribution in [3.8, 4) is 0 Å². The molecule has 24 heavy (non-hydrogen) atoms. The lowest BCUT2D eigenvalue weighted by Gasteiger charge is -2.25. The smallest absolute Gasteiger partial charge is 0.222 e. The SMILES string of the molecule is CCc1ccc(CCN2C(=O)CCC2CCc2ccccc2)cc1. The second-order valence-corrected chi connectivity index (χ2v) is 6.72. The minimum absolute atomic E-state index is 0.332. The highest BCUT2D eigenvalue weighted by molar-refractivity contribution is 5.78. The molecule has 0 spiro atoms. The Morgan fingerprint density at radius 2 is 1.58 bits per heavy atom. The van der Waals surface area contributed by atoms with Crippen LogP contribution in [0.4, 0.5) is 0 Å². The van der Waals surface area contributed by atoms with E-state index in [0.29, 0.717) is 18.4 Å². The van der Waals surface area contributed by atoms with E-state index in [1.807, 2.05) is 0 Å². The van der Waals surface area contributed by atoms with E-state index < -0.39 is 0 Å². The molecule has 1 atom stereocenters. The van der Waals surface area contributed by atoms with Gasteiger partial charge in [-0.2, -0.15) is 0 Å². The number of carbonyl (C=O) groups excluding carboxylic acids is 1. The van der Waals surface area contributed by atoms with Gasteiger partial charge >= 0.3 is 0 Å². The number of likely N-dealkylation sites (tertiary alicyclic amines) is 1. The van der Waals surface area contributed by atoms with E-state index in [0.717, 1.165) is 38.6 Å². The van der Waals surface area contributed by atoms with Crippen LogP contribution in [0.3, 0.4) is 0 Å². The Bertz CT molecular complexity index is 647. The molecule has 2 aromatic rings. The standard InChI is InChI=1S/C22H27NO/c1-2-18-8-10-20(11-9-18)16-17-23-21(14-15-22(23)24)13-12-19-6-4-3-5-7-19/h3-11,21H,2,12-17H2,1H3. The van der Waals surface area contributed by atoms with E-state index in [4.69, 9.17) is 0 Å². The highest BCUT2D eigenvalue weighted by Crippen LogP contribution is 2.23. The first kappa shape index (κ1) is 16.8. The largest absolute Gasteiger partial charge is 0.339 e. The van der Waals surface area contributed by atoms with E-state index in [1.165, 1.54) is 16.7 Å². The van der Waals surface area contributed by atoms with E-state index in [9.17, 15) is 4.79 Å². The van der Waals surface area contributed by atoms with Crippen molar-refractivity contribution in [1.29, 1.82) is 0 Å². The van der Waals surface area contributed by atoms with Crippen LogP contribution < -0.4 is 0 Å². The lowest BCUT2D eigenvalue weighted by molar-refractivity contribution is -0.129. The molecule has 3 rings (SSSR count). The highest BCUT2D eigenvalue weighted by atomic mass is 16.2. The first-order valence-corrected chi connectivity index (χ1v) is 9.17. The fourth-order valence-corrected chi connectivity index (χ4v) is 3.57. The van der Waals surface area contributed by atoms with Crippen molar-refractivity contribution in [3.63, 3.8) is 0 Å². The first-order valence-electron chi connectivity index (χ1n) is 9.17. The zero-order chi connectivity index (χ0) is 16.8. The molecule has 0 aromatic heterocycles. The Balaban J connectivity index is 1.54. The summed E-state index contributed by atoms with van der Waals surface area (Å²) >= 11 is 0. The number of rotatable bonds is 7. The molecular formula is C22H27NO. The topological polar surface area (TPSA) is 20.3 Å². The molecule has 0 saturated carbocycles. The zero-order valence-electron chi connectivity index (χ0n) is 14.6. The molecule has 0 N–H and O–H groups in total. The van der Waals surface area contributed by atoms with E-state index in [-0.39, 0.29) is 0 Å². The molecule has 2 aromatic carbocycles. The van der Waals surface area contributed by atoms with Crippen molar-refractivity contribution in [2.24, 2.45) is 0 Å². The summed E-state index contributed by atoms with van der Waals surface area (Å²) in [4.78, 5) is 14.4. The van der Waals surface area contributed by atoms with Crippen LogP contribution in [0, 0.1) is 0 Å². The number of aryl methyl sites for hydroxylation is 2. The maximum Gasteiger partial charge on any atom is 0.222 e. The molecular weight excluding hydrogens is 294 g/mol. The minimum Gasteiger partial charge on any atom is -0.339 e. The number of amides is 1. The molecule has 126 valence electrons. The van der Waals surface area contributed by atoms with Gasteiger partial charge in [0.25, 0.3) is 0 Å². The average molecular weight is 321 g/mol. The van der Waals surface area contributed by atoms with Gasteiger partial charge in [0, 0.05) is 19.0 Å². The third-order valence-electron chi connectivity index (χ3n) is 5.13. The molecule has 0 bridgehead atoms. The van der Waals surface area contributed by atoms with Crippen LogP contribution in [0.25, 0.3) is 0 Å². The third kappa shape index (κ3) is 4.25. The molecule has 2 heteroatoms. The summed E-state index contributed by atoms with van der Waals surface area (Å²) in [6.45, 7) is 3.03. The summed E-state index contributed by atoms with van der Waals surface area (Å²) in [5.41, 5.74) is 4.07. The third-order valence-corrected chi connectivity index (χ3v) is 5.13. The zero-order valence-corrected chi connectivity index (χ0v) is 14.6. The van der Waals surface area contributed by atoms with E-state index >= 15 is 0 Å². The van der Waals surface area contributed by atoms with Crippen LogP contribution in [0.1, 0.15) is 42.9 Å². The molecule has 0 aliphatic carbocycles. The lowest BCUT2D eigenvalue weighted by atomic mass is 10.0. The van der Waals surface area contributed by atoms with Gasteiger partial charge in [-0.15, -0.1) is 0 Å². The Labute approximate surface area is 145 Å². The number of hydrogen-bond donors (Lipinski definition) is 0. The molecule has 0 radical (unpaired) electrons. The fourth-order valence-electron chi connectivity index (χ4n) is 3.57. The van der Waals surface area contributed by atoms with Crippen molar-refractivity contribution < 1.29 is 4.79 Å². The quantitative estimate of drug-likeness (QED) is 0.739. The van der Waals surface area contributed by atoms with Gasteiger partial charge in [-0.05, 0) is 48.8 Å². The van der Waals surface area contributed by atoms with Gasteiger partial charge < -0.3 is 4.90 Å². The monoisotopic (exact) mass is 321 g/mol. The van der Waals surface area contributed by atoms with Crippen LogP contribution in [0.2, 0.25) is 0 Å². The molecule has 1 fully saturated rings. The normalized spacial score (nSPS) is 17.5. The summed E-state index contributed by atoms with van der Waals surface area (Å²) in [7, 11) is 0. The van der Waals surface area contributed by atoms with Crippen LogP contribution in [0.15, 0.2) is 54.6 Å². The molecule has 1 unspecified atom stereocenters. The second kappa shape index (κ2) is 8.14. The Kier molecular flexibility index (Phi) is 5.68. The van der Waals surface area contributed by atoms with Crippen molar-refractivity contribution in [2.75, 3.05) is 6.54 Å². The molecule has 1 saturated heterocycles. The summed E-state index contributed by atoms with van der Waals surface area (Å²) in [5, 5.41) is 0. The van der Waals surface area contributed by atoms with Gasteiger partial charge in [-0.1, -0.05) is 61.5 Å². The first-order chi connectivity index (χ1) is 11.8. The summed E-state index contributed by atoms with van der Waals surface area (Å²) < 4.78 is 0. The van der Waals surface area contributed by atoms with Gasteiger partial charge in [-0.25, -0.2) is 0 Å². The van der Waals surface area contributed by atoms with E-state index in [1.54, 1.807) is 0 Å². The molecule has 1 heterocycles. The second-order valence-electron chi connectivity index (χ2n) is 6.72. The van der Waals surface area contributed by atoms with Crippen molar-refractivity contribution in [1.82, 2.24) is 4.90 Å². The number of hydrogen-bond acceptors (Lipinski definition) is 1. The van der Waals surface area contributed by atoms with Gasteiger partial charge in [0.05, 0.1) is 0 Å². The molecule has 1 aliphatic rings. The van der Waals surface area contributed by atoms with Crippen molar-refractivity contribution >= 4 is 5.91 Å². The van der Waals surface area contributed by atoms with Crippen LogP contribution in [0.5, 0.6) is 0 Å². The lowest BCUT2D eigenvalue weighted by Crippen LogP contribution is -2.35.